The zero-order valence-corrected chi connectivity index (χ0v) is 12.2. The van der Waals surface area contributed by atoms with E-state index in [0.29, 0.717) is 5.69 Å². The van der Waals surface area contributed by atoms with Gasteiger partial charge in [-0.2, -0.15) is 0 Å². The van der Waals surface area contributed by atoms with Crippen LogP contribution in [0.1, 0.15) is 25.7 Å². The van der Waals surface area contributed by atoms with E-state index in [1.807, 2.05) is 22.9 Å². The van der Waals surface area contributed by atoms with Gasteiger partial charge in [0, 0.05) is 17.8 Å². The molecule has 19 heavy (non-hydrogen) atoms. The third-order valence-electron chi connectivity index (χ3n) is 3.48. The number of rotatable bonds is 5. The molecule has 1 aliphatic carbocycles. The maximum absolute atomic E-state index is 5.90. The van der Waals surface area contributed by atoms with Crippen LogP contribution in [0.2, 0.25) is 0 Å². The average molecular weight is 322 g/mol. The topological polar surface area (TPSA) is 69.6 Å². The fraction of sp³-hybridized carbons (Fsp3) is 0.462. The summed E-state index contributed by atoms with van der Waals surface area (Å²) in [6.45, 7) is 0.861. The molecular formula is C13H16BrN5. The van der Waals surface area contributed by atoms with E-state index >= 15 is 0 Å². The smallest absolute Gasteiger partial charge is 0.183 e. The van der Waals surface area contributed by atoms with Crippen molar-refractivity contribution >= 4 is 21.6 Å². The predicted molar refractivity (Wildman–Crippen MR) is 77.3 cm³/mol. The van der Waals surface area contributed by atoms with Crippen LogP contribution in [0.4, 0.5) is 5.69 Å². The van der Waals surface area contributed by atoms with Gasteiger partial charge in [0.2, 0.25) is 0 Å². The lowest BCUT2D eigenvalue weighted by Crippen LogP contribution is -2.04. The third-order valence-corrected chi connectivity index (χ3v) is 4.37. The maximum atomic E-state index is 5.90. The normalized spacial score (nSPS) is 14.8. The van der Waals surface area contributed by atoms with Gasteiger partial charge in [0.05, 0.1) is 4.47 Å². The van der Waals surface area contributed by atoms with Gasteiger partial charge < -0.3 is 5.73 Å². The van der Waals surface area contributed by atoms with Crippen molar-refractivity contribution in [2.45, 2.75) is 32.2 Å². The van der Waals surface area contributed by atoms with Crippen molar-refractivity contribution in [1.29, 1.82) is 0 Å². The molecule has 5 nitrogen and oxygen atoms in total. The number of hydrogen-bond donors (Lipinski definition) is 1. The third kappa shape index (κ3) is 2.78. The molecule has 2 aromatic rings. The lowest BCUT2D eigenvalue weighted by molar-refractivity contribution is 0.526. The van der Waals surface area contributed by atoms with Crippen LogP contribution >= 0.6 is 15.9 Å². The van der Waals surface area contributed by atoms with E-state index in [4.69, 9.17) is 5.73 Å². The van der Waals surface area contributed by atoms with Crippen LogP contribution < -0.4 is 5.73 Å². The maximum Gasteiger partial charge on any atom is 0.183 e. The Balaban J connectivity index is 1.79. The van der Waals surface area contributed by atoms with Crippen molar-refractivity contribution in [3.05, 3.63) is 22.7 Å². The number of nitrogens with zero attached hydrogens (tertiary/aromatic N) is 4. The van der Waals surface area contributed by atoms with Crippen molar-refractivity contribution < 1.29 is 0 Å². The quantitative estimate of drug-likeness (QED) is 0.860. The molecule has 1 aromatic carbocycles. The van der Waals surface area contributed by atoms with Crippen LogP contribution in [0.25, 0.3) is 11.4 Å². The minimum atomic E-state index is 0.699. The van der Waals surface area contributed by atoms with Crippen LogP contribution in [-0.2, 0) is 6.54 Å². The molecule has 0 spiro atoms. The lowest BCUT2D eigenvalue weighted by Gasteiger charge is -2.07. The van der Waals surface area contributed by atoms with Gasteiger partial charge in [0.25, 0.3) is 0 Å². The van der Waals surface area contributed by atoms with Crippen molar-refractivity contribution in [3.63, 3.8) is 0 Å². The van der Waals surface area contributed by atoms with Gasteiger partial charge in [-0.25, -0.2) is 4.68 Å². The molecule has 0 saturated heterocycles. The molecule has 0 unspecified atom stereocenters. The molecule has 0 bridgehead atoms. The highest BCUT2D eigenvalue weighted by Crippen LogP contribution is 2.34. The van der Waals surface area contributed by atoms with Crippen LogP contribution in [0.5, 0.6) is 0 Å². The molecule has 1 saturated carbocycles. The highest BCUT2D eigenvalue weighted by atomic mass is 79.9. The van der Waals surface area contributed by atoms with Gasteiger partial charge in [-0.1, -0.05) is 18.9 Å². The van der Waals surface area contributed by atoms with Crippen molar-refractivity contribution in [1.82, 2.24) is 20.2 Å². The van der Waals surface area contributed by atoms with E-state index < -0.39 is 0 Å². The van der Waals surface area contributed by atoms with Gasteiger partial charge in [-0.05, 0) is 57.2 Å². The SMILES string of the molecule is Nc1cccc(-c2nnnn2CCCC2CC2)c1Br. The lowest BCUT2D eigenvalue weighted by atomic mass is 10.2. The molecule has 1 aromatic heterocycles. The van der Waals surface area contributed by atoms with Crippen LogP contribution in [-0.4, -0.2) is 20.2 Å². The number of hydrogen-bond acceptors (Lipinski definition) is 4. The average Bonchev–Trinajstić information content (AvgIpc) is 3.11. The summed E-state index contributed by atoms with van der Waals surface area (Å²) in [4.78, 5) is 0. The Labute approximate surface area is 120 Å². The zero-order valence-electron chi connectivity index (χ0n) is 10.6. The molecule has 2 N–H and O–H groups in total. The van der Waals surface area contributed by atoms with E-state index in [-0.39, 0.29) is 0 Å². The molecule has 1 fully saturated rings. The summed E-state index contributed by atoms with van der Waals surface area (Å²) < 4.78 is 2.72. The summed E-state index contributed by atoms with van der Waals surface area (Å²) in [5.74, 6) is 1.72. The minimum absolute atomic E-state index is 0.699. The van der Waals surface area contributed by atoms with E-state index in [1.165, 1.54) is 19.3 Å². The van der Waals surface area contributed by atoms with Gasteiger partial charge in [0.15, 0.2) is 5.82 Å². The summed E-state index contributed by atoms with van der Waals surface area (Å²) in [7, 11) is 0. The van der Waals surface area contributed by atoms with Gasteiger partial charge in [-0.15, -0.1) is 5.10 Å². The summed E-state index contributed by atoms with van der Waals surface area (Å²) in [6, 6.07) is 5.75. The first-order chi connectivity index (χ1) is 9.25. The number of tetrazole rings is 1. The number of nitrogen functional groups attached to an aromatic ring is 1. The Hall–Kier alpha value is -1.43. The van der Waals surface area contributed by atoms with Gasteiger partial charge in [-0.3, -0.25) is 0 Å². The molecule has 0 amide bonds. The Bertz CT molecular complexity index is 576. The van der Waals surface area contributed by atoms with Gasteiger partial charge in [0.1, 0.15) is 0 Å². The Morgan fingerprint density at radius 1 is 1.37 bits per heavy atom. The van der Waals surface area contributed by atoms with Crippen LogP contribution in [0.15, 0.2) is 22.7 Å². The minimum Gasteiger partial charge on any atom is -0.398 e. The van der Waals surface area contributed by atoms with E-state index in [1.54, 1.807) is 0 Å². The number of anilines is 1. The Morgan fingerprint density at radius 3 is 3.00 bits per heavy atom. The first-order valence-corrected chi connectivity index (χ1v) is 7.35. The number of benzene rings is 1. The molecule has 1 heterocycles. The summed E-state index contributed by atoms with van der Waals surface area (Å²) in [5.41, 5.74) is 7.54. The Morgan fingerprint density at radius 2 is 2.21 bits per heavy atom. The molecule has 0 aliphatic heterocycles. The fourth-order valence-electron chi connectivity index (χ4n) is 2.21. The van der Waals surface area contributed by atoms with E-state index in [9.17, 15) is 0 Å². The zero-order chi connectivity index (χ0) is 13.2. The van der Waals surface area contributed by atoms with E-state index in [0.717, 1.165) is 34.7 Å². The second-order valence-electron chi connectivity index (χ2n) is 5.02. The van der Waals surface area contributed by atoms with Crippen LogP contribution in [0, 0.1) is 5.92 Å². The second kappa shape index (κ2) is 5.28. The fourth-order valence-corrected chi connectivity index (χ4v) is 2.65. The molecule has 3 rings (SSSR count). The largest absolute Gasteiger partial charge is 0.398 e. The molecule has 6 heteroatoms. The highest BCUT2D eigenvalue weighted by Gasteiger charge is 2.21. The standard InChI is InChI=1S/C13H16BrN5/c14-12-10(4-1-5-11(12)15)13-16-17-18-19(13)8-2-3-9-6-7-9/h1,4-5,9H,2-3,6-8,15H2. The van der Waals surface area contributed by atoms with Crippen molar-refractivity contribution in [2.75, 3.05) is 5.73 Å². The van der Waals surface area contributed by atoms with Crippen molar-refractivity contribution in [2.24, 2.45) is 5.92 Å². The Kier molecular flexibility index (Phi) is 3.50. The monoisotopic (exact) mass is 321 g/mol. The van der Waals surface area contributed by atoms with E-state index in [2.05, 4.69) is 31.5 Å². The first-order valence-electron chi connectivity index (χ1n) is 6.56. The molecule has 1 aliphatic rings. The first kappa shape index (κ1) is 12.6. The van der Waals surface area contributed by atoms with Crippen molar-refractivity contribution in [3.8, 4) is 11.4 Å². The molecule has 0 radical (unpaired) electrons. The van der Waals surface area contributed by atoms with Gasteiger partial charge >= 0.3 is 0 Å². The number of halogens is 1. The molecule has 100 valence electrons. The predicted octanol–water partition coefficient (Wildman–Crippen LogP) is 2.88. The number of aromatic nitrogens is 4. The summed E-state index contributed by atoms with van der Waals surface area (Å²) >= 11 is 3.50. The number of nitrogens with two attached hydrogens (primary N) is 1. The highest BCUT2D eigenvalue weighted by molar-refractivity contribution is 9.10. The second-order valence-corrected chi connectivity index (χ2v) is 5.81. The molecular weight excluding hydrogens is 306 g/mol. The van der Waals surface area contributed by atoms with Crippen LogP contribution in [0.3, 0.4) is 0 Å². The number of aryl methyl sites for hydroxylation is 1. The summed E-state index contributed by atoms with van der Waals surface area (Å²) in [5, 5.41) is 12.0. The molecule has 0 atom stereocenters. The summed E-state index contributed by atoms with van der Waals surface area (Å²) in [6.07, 6.45) is 5.19.